The zero-order chi connectivity index (χ0) is 23.8. The van der Waals surface area contributed by atoms with Gasteiger partial charge in [-0.1, -0.05) is 84.1 Å². The number of ether oxygens (including phenoxy) is 2. The number of aryl methyl sites for hydroxylation is 1. The molecule has 1 aromatic heterocycles. The molecule has 0 aliphatic heterocycles. The Hall–Kier alpha value is -3.64. The maximum absolute atomic E-state index is 13.0. The van der Waals surface area contributed by atoms with Gasteiger partial charge in [0.15, 0.2) is 6.61 Å². The van der Waals surface area contributed by atoms with Gasteiger partial charge in [-0.3, -0.25) is 9.36 Å². The molecular weight excluding hydrogens is 446 g/mol. The molecule has 4 aromatic rings. The fourth-order valence-corrected chi connectivity index (χ4v) is 4.90. The van der Waals surface area contributed by atoms with Gasteiger partial charge in [-0.15, -0.1) is 0 Å². The molecule has 0 unspecified atom stereocenters. The van der Waals surface area contributed by atoms with Crippen molar-refractivity contribution in [1.82, 2.24) is 4.57 Å². The van der Waals surface area contributed by atoms with Crippen molar-refractivity contribution in [2.45, 2.75) is 26.3 Å². The maximum atomic E-state index is 13.0. The van der Waals surface area contributed by atoms with E-state index in [1.54, 1.807) is 6.92 Å². The predicted molar refractivity (Wildman–Crippen MR) is 136 cm³/mol. The van der Waals surface area contributed by atoms with Gasteiger partial charge in [0.05, 0.1) is 17.2 Å². The quantitative estimate of drug-likeness (QED) is 0.272. The number of aromatic nitrogens is 1. The lowest BCUT2D eigenvalue weighted by Gasteiger charge is -2.11. The van der Waals surface area contributed by atoms with Crippen LogP contribution < -0.4 is 9.61 Å². The molecule has 0 spiro atoms. The van der Waals surface area contributed by atoms with Crippen molar-refractivity contribution in [3.63, 3.8) is 0 Å². The first-order chi connectivity index (χ1) is 16.7. The number of thiazole rings is 1. The van der Waals surface area contributed by atoms with Crippen LogP contribution in [0.5, 0.6) is 5.75 Å². The highest BCUT2D eigenvalue weighted by atomic mass is 32.1. The third-order valence-corrected chi connectivity index (χ3v) is 6.41. The van der Waals surface area contributed by atoms with Crippen LogP contribution in [-0.4, -0.2) is 23.8 Å². The number of carbonyl (C=O) groups excluding carboxylic acids is 1. The van der Waals surface area contributed by atoms with Gasteiger partial charge < -0.3 is 9.47 Å². The third-order valence-electron chi connectivity index (χ3n) is 5.39. The molecule has 1 heterocycles. The fourth-order valence-electron chi connectivity index (χ4n) is 3.85. The topological polar surface area (TPSA) is 57.5 Å². The Morgan fingerprint density at radius 3 is 2.32 bits per heavy atom. The van der Waals surface area contributed by atoms with Gasteiger partial charge in [0.1, 0.15) is 5.75 Å². The predicted octanol–water partition coefficient (Wildman–Crippen LogP) is 5.82. The van der Waals surface area contributed by atoms with Crippen LogP contribution in [0.15, 0.2) is 89.7 Å². The molecule has 0 aliphatic carbocycles. The van der Waals surface area contributed by atoms with Crippen LogP contribution in [-0.2, 0) is 22.5 Å². The highest BCUT2D eigenvalue weighted by Gasteiger charge is 2.17. The van der Waals surface area contributed by atoms with Crippen molar-refractivity contribution in [2.24, 2.45) is 0 Å². The average molecular weight is 474 g/mol. The van der Waals surface area contributed by atoms with E-state index in [-0.39, 0.29) is 17.4 Å². The summed E-state index contributed by atoms with van der Waals surface area (Å²) in [7, 11) is 0. The molecule has 4 rings (SSSR count). The van der Waals surface area contributed by atoms with Gasteiger partial charge >= 0.3 is 10.8 Å². The molecule has 6 heteroatoms. The second kappa shape index (κ2) is 11.5. The molecule has 174 valence electrons. The van der Waals surface area contributed by atoms with Crippen molar-refractivity contribution >= 4 is 17.3 Å². The van der Waals surface area contributed by atoms with Crippen molar-refractivity contribution < 1.29 is 14.3 Å². The Kier molecular flexibility index (Phi) is 7.94. The van der Waals surface area contributed by atoms with Gasteiger partial charge in [-0.05, 0) is 48.6 Å². The fraction of sp³-hybridized carbons (Fsp3) is 0.214. The zero-order valence-corrected chi connectivity index (χ0v) is 19.9. The minimum Gasteiger partial charge on any atom is -0.482 e. The summed E-state index contributed by atoms with van der Waals surface area (Å²) in [5.41, 5.74) is 4.14. The van der Waals surface area contributed by atoms with Crippen LogP contribution in [0.25, 0.3) is 21.7 Å². The van der Waals surface area contributed by atoms with Gasteiger partial charge in [0.2, 0.25) is 0 Å². The van der Waals surface area contributed by atoms with Crippen LogP contribution in [0.1, 0.15) is 18.9 Å². The molecule has 34 heavy (non-hydrogen) atoms. The summed E-state index contributed by atoms with van der Waals surface area (Å²) in [6.07, 6.45) is 1.58. The van der Waals surface area contributed by atoms with Crippen LogP contribution in [0.4, 0.5) is 0 Å². The second-order valence-corrected chi connectivity index (χ2v) is 8.74. The van der Waals surface area contributed by atoms with E-state index in [0.717, 1.165) is 40.1 Å². The lowest BCUT2D eigenvalue weighted by molar-refractivity contribution is -0.145. The number of rotatable bonds is 10. The molecule has 0 atom stereocenters. The summed E-state index contributed by atoms with van der Waals surface area (Å²) in [5.74, 6) is 0.252. The standard InChI is InChI=1S/C28H27NO4S/c1-2-32-25(30)20-33-24-17-9-11-21(19-24)12-10-18-29-26(22-13-5-3-6-14-22)27(34-28(29)31)23-15-7-4-8-16-23/h3-9,11,13-17,19H,2,10,12,18,20H2,1H3. The van der Waals surface area contributed by atoms with E-state index in [1.165, 1.54) is 11.3 Å². The first-order valence-corrected chi connectivity index (χ1v) is 12.2. The molecule has 0 amide bonds. The lowest BCUT2D eigenvalue weighted by atomic mass is 10.1. The summed E-state index contributed by atoms with van der Waals surface area (Å²) in [5, 5.41) is 0. The Balaban J connectivity index is 1.51. The van der Waals surface area contributed by atoms with E-state index in [2.05, 4.69) is 12.1 Å². The summed E-state index contributed by atoms with van der Waals surface area (Å²) in [6, 6.07) is 27.8. The molecule has 5 nitrogen and oxygen atoms in total. The smallest absolute Gasteiger partial charge is 0.344 e. The van der Waals surface area contributed by atoms with Gasteiger partial charge in [-0.2, -0.15) is 0 Å². The minimum absolute atomic E-state index is 0.0456. The van der Waals surface area contributed by atoms with Crippen molar-refractivity contribution in [3.05, 3.63) is 100 Å². The van der Waals surface area contributed by atoms with Crippen LogP contribution in [0.3, 0.4) is 0 Å². The Morgan fingerprint density at radius 2 is 1.62 bits per heavy atom. The molecule has 0 bridgehead atoms. The number of hydrogen-bond donors (Lipinski definition) is 0. The molecule has 0 aliphatic rings. The van der Waals surface area contributed by atoms with E-state index in [4.69, 9.17) is 9.47 Å². The molecular formula is C28H27NO4S. The van der Waals surface area contributed by atoms with Crippen LogP contribution >= 0.6 is 11.3 Å². The van der Waals surface area contributed by atoms with E-state index in [9.17, 15) is 9.59 Å². The Labute approximate surface area is 203 Å². The van der Waals surface area contributed by atoms with Crippen LogP contribution in [0, 0.1) is 0 Å². The molecule has 0 N–H and O–H groups in total. The minimum atomic E-state index is -0.382. The van der Waals surface area contributed by atoms with E-state index in [0.29, 0.717) is 18.9 Å². The zero-order valence-electron chi connectivity index (χ0n) is 19.1. The second-order valence-electron chi connectivity index (χ2n) is 7.77. The largest absolute Gasteiger partial charge is 0.482 e. The van der Waals surface area contributed by atoms with Crippen LogP contribution in [0.2, 0.25) is 0 Å². The number of nitrogens with zero attached hydrogens (tertiary/aromatic N) is 1. The first kappa shape index (κ1) is 23.5. The molecule has 0 saturated carbocycles. The molecule has 0 radical (unpaired) electrons. The SMILES string of the molecule is CCOC(=O)COc1cccc(CCCn2c(-c3ccccc3)c(-c3ccccc3)sc2=O)c1. The summed E-state index contributed by atoms with van der Waals surface area (Å²) in [4.78, 5) is 25.6. The lowest BCUT2D eigenvalue weighted by Crippen LogP contribution is -2.15. The highest BCUT2D eigenvalue weighted by Crippen LogP contribution is 2.34. The van der Waals surface area contributed by atoms with Gasteiger partial charge in [0, 0.05) is 6.54 Å². The van der Waals surface area contributed by atoms with Gasteiger partial charge in [0.25, 0.3) is 0 Å². The summed E-state index contributed by atoms with van der Waals surface area (Å²) < 4.78 is 12.3. The maximum Gasteiger partial charge on any atom is 0.344 e. The molecule has 0 saturated heterocycles. The number of hydrogen-bond acceptors (Lipinski definition) is 5. The molecule has 0 fully saturated rings. The van der Waals surface area contributed by atoms with Crippen molar-refractivity contribution in [2.75, 3.05) is 13.2 Å². The third kappa shape index (κ3) is 5.83. The summed E-state index contributed by atoms with van der Waals surface area (Å²) in [6.45, 7) is 2.61. The number of esters is 1. The van der Waals surface area contributed by atoms with Crippen molar-refractivity contribution in [3.8, 4) is 27.4 Å². The Bertz CT molecular complexity index is 1280. The van der Waals surface area contributed by atoms with E-state index >= 15 is 0 Å². The summed E-state index contributed by atoms with van der Waals surface area (Å²) >= 11 is 1.29. The van der Waals surface area contributed by atoms with E-state index in [1.807, 2.05) is 77.4 Å². The Morgan fingerprint density at radius 1 is 0.912 bits per heavy atom. The van der Waals surface area contributed by atoms with Gasteiger partial charge in [-0.25, -0.2) is 4.79 Å². The van der Waals surface area contributed by atoms with Crippen molar-refractivity contribution in [1.29, 1.82) is 0 Å². The average Bonchev–Trinajstić information content (AvgIpc) is 3.20. The monoisotopic (exact) mass is 473 g/mol. The normalized spacial score (nSPS) is 10.7. The highest BCUT2D eigenvalue weighted by molar-refractivity contribution is 7.13. The first-order valence-electron chi connectivity index (χ1n) is 11.4. The van der Waals surface area contributed by atoms with E-state index < -0.39 is 0 Å². The number of benzene rings is 3. The number of carbonyl (C=O) groups is 1. The molecule has 3 aromatic carbocycles.